The molecule has 0 saturated heterocycles. The molecule has 0 aliphatic carbocycles. The van der Waals surface area contributed by atoms with Crippen molar-refractivity contribution in [1.29, 1.82) is 0 Å². The summed E-state index contributed by atoms with van der Waals surface area (Å²) in [5.41, 5.74) is 4.16. The van der Waals surface area contributed by atoms with Gasteiger partial charge in [-0.1, -0.05) is 35.9 Å². The van der Waals surface area contributed by atoms with Gasteiger partial charge in [0.25, 0.3) is 0 Å². The van der Waals surface area contributed by atoms with Crippen LogP contribution in [0.3, 0.4) is 0 Å². The zero-order valence-electron chi connectivity index (χ0n) is 19.6. The number of nitrogens with zero attached hydrogens (tertiary/aromatic N) is 3. The third kappa shape index (κ3) is 5.53. The lowest BCUT2D eigenvalue weighted by molar-refractivity contribution is 0.222. The normalized spacial score (nSPS) is 10.7. The molecule has 2 N–H and O–H groups in total. The summed E-state index contributed by atoms with van der Waals surface area (Å²) in [4.78, 5) is 17.0. The molecule has 4 aromatic rings. The van der Waals surface area contributed by atoms with Crippen LogP contribution in [0.4, 0.5) is 16.2 Å². The Morgan fingerprint density at radius 1 is 0.941 bits per heavy atom. The number of anilines is 2. The number of carbonyl (C=O) groups is 1. The van der Waals surface area contributed by atoms with E-state index in [9.17, 15) is 4.79 Å². The van der Waals surface area contributed by atoms with E-state index in [1.807, 2.05) is 81.4 Å². The average Bonchev–Trinajstić information content (AvgIpc) is 3.23. The summed E-state index contributed by atoms with van der Waals surface area (Å²) in [5.74, 6) is 1.34. The van der Waals surface area contributed by atoms with Gasteiger partial charge in [0.15, 0.2) is 5.82 Å². The van der Waals surface area contributed by atoms with Crippen LogP contribution in [0.1, 0.15) is 19.4 Å². The van der Waals surface area contributed by atoms with E-state index in [0.29, 0.717) is 29.0 Å². The Kier molecular flexibility index (Phi) is 6.77. The van der Waals surface area contributed by atoms with Gasteiger partial charge in [0.1, 0.15) is 5.75 Å². The van der Waals surface area contributed by atoms with Gasteiger partial charge >= 0.3 is 12.0 Å². The van der Waals surface area contributed by atoms with Gasteiger partial charge in [-0.25, -0.2) is 9.48 Å². The fraction of sp³-hybridized carbons (Fsp3) is 0.192. The minimum Gasteiger partial charge on any atom is -0.497 e. The molecular weight excluding hydrogens is 430 g/mol. The molecule has 8 nitrogen and oxygen atoms in total. The van der Waals surface area contributed by atoms with Crippen LogP contribution in [0.25, 0.3) is 17.1 Å². The van der Waals surface area contributed by atoms with Crippen LogP contribution in [0, 0.1) is 6.92 Å². The number of hydrogen-bond acceptors (Lipinski definition) is 5. The molecule has 8 heteroatoms. The number of methoxy groups -OCH3 is 1. The molecule has 1 aromatic heterocycles. The summed E-state index contributed by atoms with van der Waals surface area (Å²) in [6.45, 7) is 5.91. The van der Waals surface area contributed by atoms with E-state index in [-0.39, 0.29) is 12.1 Å². The Morgan fingerprint density at radius 2 is 1.65 bits per heavy atom. The largest absolute Gasteiger partial charge is 0.497 e. The Bertz CT molecular complexity index is 1260. The van der Waals surface area contributed by atoms with Gasteiger partial charge in [-0.15, -0.1) is 5.10 Å². The highest BCUT2D eigenvalue weighted by molar-refractivity contribution is 5.99. The molecule has 0 bridgehead atoms. The number of amides is 2. The molecule has 0 aliphatic rings. The molecule has 0 unspecified atom stereocenters. The van der Waals surface area contributed by atoms with Crippen LogP contribution in [0.5, 0.6) is 11.8 Å². The number of aryl methyl sites for hydroxylation is 1. The van der Waals surface area contributed by atoms with E-state index in [2.05, 4.69) is 20.7 Å². The first kappa shape index (κ1) is 22.8. The summed E-state index contributed by atoms with van der Waals surface area (Å²) >= 11 is 0. The van der Waals surface area contributed by atoms with E-state index >= 15 is 0 Å². The van der Waals surface area contributed by atoms with Crippen molar-refractivity contribution in [2.45, 2.75) is 26.9 Å². The smallest absolute Gasteiger partial charge is 0.336 e. The van der Waals surface area contributed by atoms with Gasteiger partial charge in [0.05, 0.1) is 18.9 Å². The van der Waals surface area contributed by atoms with E-state index in [1.165, 1.54) is 0 Å². The van der Waals surface area contributed by atoms with Crippen molar-refractivity contribution in [1.82, 2.24) is 14.8 Å². The number of carbonyl (C=O) groups excluding carboxylic acids is 1. The molecule has 0 spiro atoms. The van der Waals surface area contributed by atoms with E-state index in [0.717, 1.165) is 16.8 Å². The lowest BCUT2D eigenvalue weighted by atomic mass is 10.1. The summed E-state index contributed by atoms with van der Waals surface area (Å²) in [7, 11) is 1.58. The quantitative estimate of drug-likeness (QED) is 0.372. The third-order valence-corrected chi connectivity index (χ3v) is 4.94. The zero-order chi connectivity index (χ0) is 24.1. The fourth-order valence-corrected chi connectivity index (χ4v) is 3.30. The van der Waals surface area contributed by atoms with Crippen molar-refractivity contribution in [2.24, 2.45) is 0 Å². The predicted octanol–water partition coefficient (Wildman–Crippen LogP) is 5.68. The fourth-order valence-electron chi connectivity index (χ4n) is 3.30. The monoisotopic (exact) mass is 457 g/mol. The molecular formula is C26H27N5O3. The highest BCUT2D eigenvalue weighted by Gasteiger charge is 2.16. The first-order valence-corrected chi connectivity index (χ1v) is 10.9. The SMILES string of the molecule is COc1cccc(NC(=O)Nc2ccc(-n3nc(OC(C)C)nc3-c3ccc(C)cc3)cc2)c1. The maximum absolute atomic E-state index is 12.4. The second kappa shape index (κ2) is 10.1. The van der Waals surface area contributed by atoms with Gasteiger partial charge in [-0.2, -0.15) is 4.98 Å². The van der Waals surface area contributed by atoms with Gasteiger partial charge in [-0.05, 0) is 57.2 Å². The van der Waals surface area contributed by atoms with Gasteiger partial charge < -0.3 is 20.1 Å². The lowest BCUT2D eigenvalue weighted by Crippen LogP contribution is -2.19. The van der Waals surface area contributed by atoms with Crippen molar-refractivity contribution >= 4 is 17.4 Å². The molecule has 0 aliphatic heterocycles. The molecule has 174 valence electrons. The Labute approximate surface area is 198 Å². The van der Waals surface area contributed by atoms with Crippen LogP contribution in [0.15, 0.2) is 72.8 Å². The molecule has 34 heavy (non-hydrogen) atoms. The van der Waals surface area contributed by atoms with E-state index in [4.69, 9.17) is 9.47 Å². The molecule has 2 amide bonds. The van der Waals surface area contributed by atoms with Crippen molar-refractivity contribution in [3.05, 3.63) is 78.4 Å². The number of rotatable bonds is 7. The number of hydrogen-bond donors (Lipinski definition) is 2. The maximum Gasteiger partial charge on any atom is 0.336 e. The predicted molar refractivity (Wildman–Crippen MR) is 133 cm³/mol. The molecule has 0 radical (unpaired) electrons. The minimum atomic E-state index is -0.352. The van der Waals surface area contributed by atoms with E-state index < -0.39 is 0 Å². The van der Waals surface area contributed by atoms with Gasteiger partial charge in [-0.3, -0.25) is 0 Å². The Morgan fingerprint density at radius 3 is 2.32 bits per heavy atom. The van der Waals surface area contributed by atoms with Crippen LogP contribution >= 0.6 is 0 Å². The number of urea groups is 1. The maximum atomic E-state index is 12.4. The average molecular weight is 458 g/mol. The molecule has 0 fully saturated rings. The van der Waals surface area contributed by atoms with Crippen LogP contribution in [-0.2, 0) is 0 Å². The van der Waals surface area contributed by atoms with Crippen LogP contribution in [0.2, 0.25) is 0 Å². The van der Waals surface area contributed by atoms with Gasteiger partial charge in [0.2, 0.25) is 0 Å². The molecule has 1 heterocycles. The minimum absolute atomic E-state index is 0.0450. The van der Waals surface area contributed by atoms with Gasteiger partial charge in [0, 0.05) is 23.0 Å². The van der Waals surface area contributed by atoms with Crippen molar-refractivity contribution in [3.63, 3.8) is 0 Å². The number of nitrogens with one attached hydrogen (secondary N) is 2. The van der Waals surface area contributed by atoms with Crippen LogP contribution in [-0.4, -0.2) is 34.0 Å². The number of benzene rings is 3. The Hall–Kier alpha value is -4.33. The summed E-state index contributed by atoms with van der Waals surface area (Å²) < 4.78 is 12.7. The summed E-state index contributed by atoms with van der Waals surface area (Å²) in [6, 6.07) is 22.6. The molecule has 0 atom stereocenters. The second-order valence-electron chi connectivity index (χ2n) is 8.02. The Balaban J connectivity index is 1.54. The van der Waals surface area contributed by atoms with Crippen molar-refractivity contribution in [2.75, 3.05) is 17.7 Å². The topological polar surface area (TPSA) is 90.3 Å². The van der Waals surface area contributed by atoms with E-state index in [1.54, 1.807) is 23.9 Å². The summed E-state index contributed by atoms with van der Waals surface area (Å²) in [6.07, 6.45) is -0.0450. The number of ether oxygens (including phenoxy) is 2. The van der Waals surface area contributed by atoms with Crippen LogP contribution < -0.4 is 20.1 Å². The molecule has 3 aromatic carbocycles. The highest BCUT2D eigenvalue weighted by Crippen LogP contribution is 2.25. The standard InChI is InChI=1S/C26H27N5O3/c1-17(2)34-26-29-24(19-10-8-18(3)9-11-19)31(30-26)22-14-12-20(13-15-22)27-25(32)28-21-6-5-7-23(16-21)33-4/h5-17H,1-4H3,(H2,27,28,32). The zero-order valence-corrected chi connectivity index (χ0v) is 19.6. The first-order chi connectivity index (χ1) is 16.4. The third-order valence-electron chi connectivity index (χ3n) is 4.94. The second-order valence-corrected chi connectivity index (χ2v) is 8.02. The first-order valence-electron chi connectivity index (χ1n) is 10.9. The molecule has 0 saturated carbocycles. The van der Waals surface area contributed by atoms with Crippen molar-refractivity contribution in [3.8, 4) is 28.8 Å². The lowest BCUT2D eigenvalue weighted by Gasteiger charge is -2.10. The molecule has 4 rings (SSSR count). The number of aromatic nitrogens is 3. The highest BCUT2D eigenvalue weighted by atomic mass is 16.5. The summed E-state index contributed by atoms with van der Waals surface area (Å²) in [5, 5.41) is 10.2. The van der Waals surface area contributed by atoms with Crippen molar-refractivity contribution < 1.29 is 14.3 Å².